The van der Waals surface area contributed by atoms with Crippen LogP contribution in [0.1, 0.15) is 10.4 Å². The summed E-state index contributed by atoms with van der Waals surface area (Å²) in [6.45, 7) is 3.84. The molecule has 19 heavy (non-hydrogen) atoms. The molecule has 2 N–H and O–H groups in total. The second-order valence-corrected chi connectivity index (χ2v) is 5.61. The molecular formula is C13H17FN2O2S. The molecule has 0 unspecified atom stereocenters. The van der Waals surface area contributed by atoms with Crippen molar-refractivity contribution in [2.45, 2.75) is 0 Å². The smallest absolute Gasteiger partial charge is 0.338 e. The molecule has 0 aromatic heterocycles. The molecule has 6 heteroatoms. The van der Waals surface area contributed by atoms with E-state index in [1.165, 1.54) is 23.6 Å². The Labute approximate surface area is 116 Å². The predicted molar refractivity (Wildman–Crippen MR) is 75.6 cm³/mol. The topological polar surface area (TPSA) is 52.6 Å². The first kappa shape index (κ1) is 14.1. The van der Waals surface area contributed by atoms with Crippen molar-refractivity contribution in [1.82, 2.24) is 4.90 Å². The third-order valence-corrected chi connectivity index (χ3v) is 4.00. The number of carbonyl (C=O) groups is 1. The van der Waals surface area contributed by atoms with Crippen molar-refractivity contribution < 1.29 is 14.3 Å². The minimum Gasteiger partial charge on any atom is -0.478 e. The molecule has 0 radical (unpaired) electrons. The summed E-state index contributed by atoms with van der Waals surface area (Å²) in [6.07, 6.45) is 0. The van der Waals surface area contributed by atoms with Crippen molar-refractivity contribution in [2.24, 2.45) is 0 Å². The van der Waals surface area contributed by atoms with Gasteiger partial charge in [0.1, 0.15) is 5.82 Å². The van der Waals surface area contributed by atoms with E-state index in [1.807, 2.05) is 11.8 Å². The molecule has 2 rings (SSSR count). The zero-order chi connectivity index (χ0) is 13.7. The molecule has 1 saturated heterocycles. The summed E-state index contributed by atoms with van der Waals surface area (Å²) >= 11 is 1.97. The average molecular weight is 284 g/mol. The van der Waals surface area contributed by atoms with E-state index >= 15 is 0 Å². The van der Waals surface area contributed by atoms with Crippen molar-refractivity contribution in [1.29, 1.82) is 0 Å². The number of nitrogens with zero attached hydrogens (tertiary/aromatic N) is 1. The Balaban J connectivity index is 1.82. The van der Waals surface area contributed by atoms with E-state index in [-0.39, 0.29) is 5.56 Å². The van der Waals surface area contributed by atoms with Crippen LogP contribution in [0.15, 0.2) is 18.2 Å². The molecule has 0 aliphatic carbocycles. The molecule has 0 spiro atoms. The molecule has 1 aromatic carbocycles. The Morgan fingerprint density at radius 2 is 2.16 bits per heavy atom. The number of halogens is 1. The van der Waals surface area contributed by atoms with Crippen LogP contribution in [0.25, 0.3) is 0 Å². The first-order chi connectivity index (χ1) is 9.16. The molecule has 1 heterocycles. The van der Waals surface area contributed by atoms with Crippen LogP contribution >= 0.6 is 11.8 Å². The van der Waals surface area contributed by atoms with Gasteiger partial charge in [0.05, 0.1) is 5.56 Å². The number of benzene rings is 1. The number of hydrogen-bond donors (Lipinski definition) is 2. The number of nitrogens with one attached hydrogen (secondary N) is 1. The minimum atomic E-state index is -1.24. The molecule has 1 aliphatic rings. The number of aromatic carboxylic acids is 1. The van der Waals surface area contributed by atoms with Gasteiger partial charge in [0, 0.05) is 43.4 Å². The van der Waals surface area contributed by atoms with Crippen molar-refractivity contribution >= 4 is 23.4 Å². The lowest BCUT2D eigenvalue weighted by Gasteiger charge is -2.26. The van der Waals surface area contributed by atoms with Crippen LogP contribution in [-0.4, -0.2) is 53.7 Å². The van der Waals surface area contributed by atoms with Crippen molar-refractivity contribution in [3.8, 4) is 0 Å². The lowest BCUT2D eigenvalue weighted by molar-refractivity contribution is 0.0692. The standard InChI is InChI=1S/C13H17FN2O2S/c14-12-9-10(1-2-11(12)13(17)18)15-3-4-16-5-7-19-8-6-16/h1-2,9,15H,3-8H2,(H,17,18). The molecule has 1 aromatic rings. The predicted octanol–water partition coefficient (Wildman–Crippen LogP) is 1.98. The highest BCUT2D eigenvalue weighted by Gasteiger charge is 2.11. The quantitative estimate of drug-likeness (QED) is 0.866. The van der Waals surface area contributed by atoms with Crippen molar-refractivity contribution in [3.63, 3.8) is 0 Å². The van der Waals surface area contributed by atoms with Gasteiger partial charge in [-0.2, -0.15) is 11.8 Å². The number of anilines is 1. The minimum absolute atomic E-state index is 0.293. The summed E-state index contributed by atoms with van der Waals surface area (Å²) < 4.78 is 13.4. The largest absolute Gasteiger partial charge is 0.478 e. The van der Waals surface area contributed by atoms with Gasteiger partial charge >= 0.3 is 5.97 Å². The van der Waals surface area contributed by atoms with Crippen LogP contribution in [0.4, 0.5) is 10.1 Å². The van der Waals surface area contributed by atoms with Gasteiger partial charge in [0.15, 0.2) is 0 Å². The number of rotatable bonds is 5. The molecule has 0 atom stereocenters. The van der Waals surface area contributed by atoms with E-state index in [0.29, 0.717) is 5.69 Å². The fourth-order valence-electron chi connectivity index (χ4n) is 1.98. The Hall–Kier alpha value is -1.27. The Bertz CT molecular complexity index is 450. The van der Waals surface area contributed by atoms with Gasteiger partial charge in [-0.1, -0.05) is 0 Å². The monoisotopic (exact) mass is 284 g/mol. The average Bonchev–Trinajstić information content (AvgIpc) is 2.39. The summed E-state index contributed by atoms with van der Waals surface area (Å²) in [4.78, 5) is 13.1. The van der Waals surface area contributed by atoms with Crippen LogP contribution in [0.2, 0.25) is 0 Å². The summed E-state index contributed by atoms with van der Waals surface area (Å²) in [6, 6.07) is 4.12. The van der Waals surface area contributed by atoms with Gasteiger partial charge in [0.2, 0.25) is 0 Å². The van der Waals surface area contributed by atoms with E-state index in [2.05, 4.69) is 10.2 Å². The summed E-state index contributed by atoms with van der Waals surface area (Å²) in [5.74, 6) is 0.394. The molecule has 0 amide bonds. The normalized spacial score (nSPS) is 16.3. The van der Waals surface area contributed by atoms with Gasteiger partial charge < -0.3 is 10.4 Å². The molecule has 4 nitrogen and oxygen atoms in total. The van der Waals surface area contributed by atoms with E-state index in [0.717, 1.165) is 26.2 Å². The van der Waals surface area contributed by atoms with Gasteiger partial charge in [-0.05, 0) is 18.2 Å². The zero-order valence-corrected chi connectivity index (χ0v) is 11.4. The van der Waals surface area contributed by atoms with Crippen LogP contribution in [0.3, 0.4) is 0 Å². The summed E-state index contributed by atoms with van der Waals surface area (Å²) in [5.41, 5.74) is 0.326. The van der Waals surface area contributed by atoms with Crippen LogP contribution in [-0.2, 0) is 0 Å². The molecule has 1 fully saturated rings. The fraction of sp³-hybridized carbons (Fsp3) is 0.462. The van der Waals surface area contributed by atoms with Crippen molar-refractivity contribution in [2.75, 3.05) is 43.0 Å². The summed E-state index contributed by atoms with van der Waals surface area (Å²) in [5, 5.41) is 11.9. The highest BCUT2D eigenvalue weighted by atomic mass is 32.2. The second-order valence-electron chi connectivity index (χ2n) is 4.38. The van der Waals surface area contributed by atoms with Gasteiger partial charge in [0.25, 0.3) is 0 Å². The second kappa shape index (κ2) is 6.77. The molecular weight excluding hydrogens is 267 g/mol. The van der Waals surface area contributed by atoms with Crippen LogP contribution < -0.4 is 5.32 Å². The lowest BCUT2D eigenvalue weighted by Crippen LogP contribution is -2.36. The SMILES string of the molecule is O=C(O)c1ccc(NCCN2CCSCC2)cc1F. The van der Waals surface area contributed by atoms with Gasteiger partial charge in [-0.15, -0.1) is 0 Å². The van der Waals surface area contributed by atoms with E-state index in [9.17, 15) is 9.18 Å². The summed E-state index contributed by atoms with van der Waals surface area (Å²) in [7, 11) is 0. The maximum absolute atomic E-state index is 13.4. The lowest BCUT2D eigenvalue weighted by atomic mass is 10.2. The molecule has 0 saturated carbocycles. The molecule has 1 aliphatic heterocycles. The third-order valence-electron chi connectivity index (χ3n) is 3.06. The molecule has 104 valence electrons. The van der Waals surface area contributed by atoms with E-state index < -0.39 is 11.8 Å². The fourth-order valence-corrected chi connectivity index (χ4v) is 2.96. The Morgan fingerprint density at radius 1 is 1.42 bits per heavy atom. The maximum Gasteiger partial charge on any atom is 0.338 e. The third kappa shape index (κ3) is 4.11. The van der Waals surface area contributed by atoms with Gasteiger partial charge in [-0.3, -0.25) is 4.90 Å². The van der Waals surface area contributed by atoms with Crippen LogP contribution in [0, 0.1) is 5.82 Å². The molecule has 0 bridgehead atoms. The Morgan fingerprint density at radius 3 is 2.79 bits per heavy atom. The van der Waals surface area contributed by atoms with Crippen molar-refractivity contribution in [3.05, 3.63) is 29.6 Å². The highest BCUT2D eigenvalue weighted by Crippen LogP contribution is 2.14. The van der Waals surface area contributed by atoms with Crippen LogP contribution in [0.5, 0.6) is 0 Å². The Kier molecular flexibility index (Phi) is 5.04. The highest BCUT2D eigenvalue weighted by molar-refractivity contribution is 7.99. The first-order valence-corrected chi connectivity index (χ1v) is 7.39. The van der Waals surface area contributed by atoms with Gasteiger partial charge in [-0.25, -0.2) is 9.18 Å². The first-order valence-electron chi connectivity index (χ1n) is 6.23. The number of carboxylic acids is 1. The number of carboxylic acid groups (broad SMARTS) is 1. The number of thioether (sulfide) groups is 1. The van der Waals surface area contributed by atoms with E-state index in [4.69, 9.17) is 5.11 Å². The maximum atomic E-state index is 13.4. The van der Waals surface area contributed by atoms with E-state index in [1.54, 1.807) is 6.07 Å². The number of hydrogen-bond acceptors (Lipinski definition) is 4. The zero-order valence-electron chi connectivity index (χ0n) is 10.6.